The summed E-state index contributed by atoms with van der Waals surface area (Å²) in [4.78, 5) is 1.08. The molecule has 0 unspecified atom stereocenters. The molecule has 5 heteroatoms. The average molecular weight is 195 g/mol. The van der Waals surface area contributed by atoms with E-state index >= 15 is 0 Å². The van der Waals surface area contributed by atoms with Crippen molar-refractivity contribution in [1.29, 1.82) is 0 Å². The lowest BCUT2D eigenvalue weighted by molar-refractivity contribution is 0.315. The fourth-order valence-corrected chi connectivity index (χ4v) is 1.74. The predicted molar refractivity (Wildman–Crippen MR) is 53.1 cm³/mol. The Hall–Kier alpha value is -1.23. The summed E-state index contributed by atoms with van der Waals surface area (Å²) in [6, 6.07) is 3.97. The number of anilines is 1. The van der Waals surface area contributed by atoms with Gasteiger partial charge in [0.1, 0.15) is 0 Å². The zero-order chi connectivity index (χ0) is 9.26. The quantitative estimate of drug-likeness (QED) is 0.742. The van der Waals surface area contributed by atoms with Crippen molar-refractivity contribution in [2.24, 2.45) is 0 Å². The van der Waals surface area contributed by atoms with Gasteiger partial charge in [-0.05, 0) is 28.7 Å². The topological polar surface area (TPSA) is 51.0 Å². The molecule has 1 aromatic carbocycles. The van der Waals surface area contributed by atoms with Gasteiger partial charge in [0.2, 0.25) is 0 Å². The van der Waals surface area contributed by atoms with E-state index < -0.39 is 0 Å². The summed E-state index contributed by atoms with van der Waals surface area (Å²) in [5, 5.41) is 10.7. The summed E-state index contributed by atoms with van der Waals surface area (Å²) in [7, 11) is 1.85. The van der Waals surface area contributed by atoms with E-state index in [0.29, 0.717) is 0 Å². The predicted octanol–water partition coefficient (Wildman–Crippen LogP) is 1.99. The van der Waals surface area contributed by atoms with Crippen molar-refractivity contribution in [2.75, 3.05) is 18.6 Å². The van der Waals surface area contributed by atoms with Crippen LogP contribution in [0.2, 0.25) is 0 Å². The highest BCUT2D eigenvalue weighted by atomic mass is 32.2. The minimum absolute atomic E-state index is 0.786. The van der Waals surface area contributed by atoms with Crippen LogP contribution in [-0.2, 0) is 0 Å². The average Bonchev–Trinajstić information content (AvgIpc) is 2.64. The second kappa shape index (κ2) is 3.26. The molecule has 0 amide bonds. The summed E-state index contributed by atoms with van der Waals surface area (Å²) in [6.45, 7) is 0. The molecule has 0 fully saturated rings. The highest BCUT2D eigenvalue weighted by Gasteiger charge is 2.09. The van der Waals surface area contributed by atoms with E-state index in [4.69, 9.17) is 4.63 Å². The number of rotatable bonds is 2. The zero-order valence-corrected chi connectivity index (χ0v) is 8.18. The molecule has 0 aliphatic heterocycles. The largest absolute Gasteiger partial charge is 0.386 e. The van der Waals surface area contributed by atoms with E-state index in [1.54, 1.807) is 11.8 Å². The van der Waals surface area contributed by atoms with Crippen LogP contribution >= 0.6 is 11.8 Å². The van der Waals surface area contributed by atoms with E-state index in [-0.39, 0.29) is 0 Å². The first-order valence-electron chi connectivity index (χ1n) is 3.84. The van der Waals surface area contributed by atoms with Crippen LogP contribution in [-0.4, -0.2) is 23.6 Å². The van der Waals surface area contributed by atoms with Gasteiger partial charge < -0.3 is 5.32 Å². The fourth-order valence-electron chi connectivity index (χ4n) is 1.21. The highest BCUT2D eigenvalue weighted by molar-refractivity contribution is 7.98. The van der Waals surface area contributed by atoms with Gasteiger partial charge in [0.15, 0.2) is 11.0 Å². The lowest BCUT2D eigenvalue weighted by atomic mass is 10.2. The normalized spacial score (nSPS) is 10.6. The third kappa shape index (κ3) is 1.25. The van der Waals surface area contributed by atoms with Gasteiger partial charge in [-0.3, -0.25) is 0 Å². The fraction of sp³-hybridized carbons (Fsp3) is 0.250. The van der Waals surface area contributed by atoms with Crippen molar-refractivity contribution >= 4 is 28.5 Å². The van der Waals surface area contributed by atoms with Gasteiger partial charge in [0.25, 0.3) is 0 Å². The third-order valence-electron chi connectivity index (χ3n) is 1.87. The Kier molecular flexibility index (Phi) is 2.10. The summed E-state index contributed by atoms with van der Waals surface area (Å²) in [5.74, 6) is 0. The van der Waals surface area contributed by atoms with Gasteiger partial charge in [-0.2, -0.15) is 0 Å². The first-order valence-corrected chi connectivity index (χ1v) is 5.06. The number of thioether (sulfide) groups is 1. The van der Waals surface area contributed by atoms with E-state index in [0.717, 1.165) is 21.6 Å². The first-order chi connectivity index (χ1) is 6.36. The van der Waals surface area contributed by atoms with E-state index in [2.05, 4.69) is 15.6 Å². The molecule has 0 aliphatic rings. The molecule has 0 aliphatic carbocycles. The van der Waals surface area contributed by atoms with E-state index in [1.165, 1.54) is 0 Å². The van der Waals surface area contributed by atoms with Crippen molar-refractivity contribution in [3.63, 3.8) is 0 Å². The molecular formula is C8H9N3OS. The third-order valence-corrected chi connectivity index (χ3v) is 2.64. The van der Waals surface area contributed by atoms with E-state index in [1.807, 2.05) is 25.4 Å². The van der Waals surface area contributed by atoms with Crippen LogP contribution in [0.4, 0.5) is 5.69 Å². The van der Waals surface area contributed by atoms with Crippen LogP contribution < -0.4 is 5.32 Å². The van der Waals surface area contributed by atoms with Crippen LogP contribution in [0.1, 0.15) is 0 Å². The number of nitrogens with zero attached hydrogens (tertiary/aromatic N) is 2. The Morgan fingerprint density at radius 2 is 2.08 bits per heavy atom. The van der Waals surface area contributed by atoms with Crippen LogP contribution in [0.25, 0.3) is 11.0 Å². The van der Waals surface area contributed by atoms with Crippen molar-refractivity contribution in [3.8, 4) is 0 Å². The smallest absolute Gasteiger partial charge is 0.159 e. The SMILES string of the molecule is CNc1ccc(SC)c2nonc12. The molecule has 0 bridgehead atoms. The minimum atomic E-state index is 0.786. The highest BCUT2D eigenvalue weighted by Crippen LogP contribution is 2.28. The zero-order valence-electron chi connectivity index (χ0n) is 7.37. The molecule has 0 spiro atoms. The molecule has 0 atom stereocenters. The Morgan fingerprint density at radius 1 is 1.31 bits per heavy atom. The maximum absolute atomic E-state index is 4.70. The van der Waals surface area contributed by atoms with Gasteiger partial charge in [0.05, 0.1) is 5.69 Å². The number of nitrogens with one attached hydrogen (secondary N) is 1. The first kappa shape index (κ1) is 8.37. The maximum atomic E-state index is 4.70. The van der Waals surface area contributed by atoms with Crippen LogP contribution in [0.3, 0.4) is 0 Å². The van der Waals surface area contributed by atoms with Crippen LogP contribution in [0.5, 0.6) is 0 Å². The second-order valence-corrected chi connectivity index (χ2v) is 3.37. The number of fused-ring (bicyclic) bond motifs is 1. The molecule has 13 heavy (non-hydrogen) atoms. The molecule has 1 heterocycles. The molecule has 68 valence electrons. The van der Waals surface area contributed by atoms with Crippen molar-refractivity contribution in [3.05, 3.63) is 12.1 Å². The Balaban J connectivity index is 2.74. The number of benzene rings is 1. The summed E-state index contributed by atoms with van der Waals surface area (Å²) in [6.07, 6.45) is 2.00. The van der Waals surface area contributed by atoms with Gasteiger partial charge in [0, 0.05) is 11.9 Å². The number of aromatic nitrogens is 2. The molecule has 0 saturated carbocycles. The maximum Gasteiger partial charge on any atom is 0.159 e. The Labute approximate surface area is 79.7 Å². The van der Waals surface area contributed by atoms with Crippen molar-refractivity contribution in [2.45, 2.75) is 4.90 Å². The number of hydrogen-bond acceptors (Lipinski definition) is 5. The molecule has 0 saturated heterocycles. The van der Waals surface area contributed by atoms with Gasteiger partial charge in [-0.15, -0.1) is 11.8 Å². The Morgan fingerprint density at radius 3 is 2.77 bits per heavy atom. The van der Waals surface area contributed by atoms with Gasteiger partial charge in [-0.1, -0.05) is 0 Å². The molecule has 4 nitrogen and oxygen atoms in total. The lowest BCUT2D eigenvalue weighted by Gasteiger charge is -2.00. The molecule has 1 N–H and O–H groups in total. The minimum Gasteiger partial charge on any atom is -0.386 e. The summed E-state index contributed by atoms with van der Waals surface area (Å²) in [5.41, 5.74) is 2.54. The molecule has 2 aromatic rings. The monoisotopic (exact) mass is 195 g/mol. The van der Waals surface area contributed by atoms with Crippen LogP contribution in [0, 0.1) is 0 Å². The lowest BCUT2D eigenvalue weighted by Crippen LogP contribution is -1.89. The van der Waals surface area contributed by atoms with E-state index in [9.17, 15) is 0 Å². The van der Waals surface area contributed by atoms with Gasteiger partial charge >= 0.3 is 0 Å². The standard InChI is InChI=1S/C8H9N3OS/c1-9-5-3-4-6(13-2)8-7(5)10-12-11-8/h3-4,9H,1-2H3. The molecule has 1 aromatic heterocycles. The molecule has 0 radical (unpaired) electrons. The van der Waals surface area contributed by atoms with Crippen LogP contribution in [0.15, 0.2) is 21.7 Å². The summed E-state index contributed by atoms with van der Waals surface area (Å²) >= 11 is 1.63. The summed E-state index contributed by atoms with van der Waals surface area (Å²) < 4.78 is 4.70. The Bertz CT molecular complexity index is 388. The number of hydrogen-bond donors (Lipinski definition) is 1. The van der Waals surface area contributed by atoms with Crippen molar-refractivity contribution < 1.29 is 4.63 Å². The second-order valence-electron chi connectivity index (χ2n) is 2.53. The van der Waals surface area contributed by atoms with Gasteiger partial charge in [-0.25, -0.2) is 4.63 Å². The van der Waals surface area contributed by atoms with Crippen molar-refractivity contribution in [1.82, 2.24) is 10.3 Å². The molecule has 2 rings (SSSR count). The molecular weight excluding hydrogens is 186 g/mol.